The van der Waals surface area contributed by atoms with E-state index < -0.39 is 5.54 Å². The van der Waals surface area contributed by atoms with Gasteiger partial charge in [0.2, 0.25) is 11.8 Å². The lowest BCUT2D eigenvalue weighted by Crippen LogP contribution is -2.52. The molecule has 1 aromatic heterocycles. The van der Waals surface area contributed by atoms with Gasteiger partial charge < -0.3 is 10.6 Å². The molecule has 124 valence electrons. The molecule has 1 fully saturated rings. The molecule has 2 atom stereocenters. The van der Waals surface area contributed by atoms with Gasteiger partial charge in [-0.25, -0.2) is 0 Å². The zero-order valence-electron chi connectivity index (χ0n) is 13.8. The van der Waals surface area contributed by atoms with Gasteiger partial charge in [-0.15, -0.1) is 0 Å². The van der Waals surface area contributed by atoms with Crippen molar-refractivity contribution in [1.29, 1.82) is 0 Å². The van der Waals surface area contributed by atoms with E-state index >= 15 is 0 Å². The molecule has 1 aliphatic rings. The molecule has 1 aliphatic carbocycles. The smallest absolute Gasteiger partial charge is 0.249 e. The van der Waals surface area contributed by atoms with Gasteiger partial charge in [0.25, 0.3) is 0 Å². The second kappa shape index (κ2) is 6.43. The molecule has 24 heavy (non-hydrogen) atoms. The summed E-state index contributed by atoms with van der Waals surface area (Å²) in [6.45, 7) is 3.43. The Labute approximate surface area is 141 Å². The molecule has 2 N–H and O–H groups in total. The van der Waals surface area contributed by atoms with Crippen molar-refractivity contribution in [2.75, 3.05) is 5.32 Å². The number of nitrogens with zero attached hydrogens (tertiary/aromatic N) is 1. The first-order valence-electron chi connectivity index (χ1n) is 8.06. The number of benzene rings is 1. The summed E-state index contributed by atoms with van der Waals surface area (Å²) >= 11 is 0. The Balaban J connectivity index is 1.58. The molecule has 5 nitrogen and oxygen atoms in total. The number of hydrogen-bond acceptors (Lipinski definition) is 3. The van der Waals surface area contributed by atoms with Gasteiger partial charge in [-0.3, -0.25) is 14.6 Å². The third-order valence-electron chi connectivity index (χ3n) is 4.27. The van der Waals surface area contributed by atoms with Crippen LogP contribution in [-0.4, -0.2) is 22.3 Å². The lowest BCUT2D eigenvalue weighted by atomic mass is 10.0. The lowest BCUT2D eigenvalue weighted by molar-refractivity contribution is -0.130. The maximum atomic E-state index is 12.5. The fourth-order valence-corrected chi connectivity index (χ4v) is 2.71. The zero-order valence-corrected chi connectivity index (χ0v) is 13.8. The summed E-state index contributed by atoms with van der Waals surface area (Å²) < 4.78 is 0. The minimum Gasteiger partial charge on any atom is -0.342 e. The van der Waals surface area contributed by atoms with Crippen LogP contribution in [0.1, 0.15) is 31.7 Å². The van der Waals surface area contributed by atoms with Crippen molar-refractivity contribution in [1.82, 2.24) is 10.3 Å². The number of para-hydroxylation sites is 1. The molecule has 0 spiro atoms. The molecule has 0 unspecified atom stereocenters. The zero-order chi connectivity index (χ0) is 17.2. The first-order valence-corrected chi connectivity index (χ1v) is 8.06. The first kappa shape index (κ1) is 16.2. The second-order valence-electron chi connectivity index (χ2n) is 6.67. The Hall–Kier alpha value is -2.69. The highest BCUT2D eigenvalue weighted by Crippen LogP contribution is 2.47. The highest BCUT2D eigenvalue weighted by Gasteiger charge is 2.46. The average Bonchev–Trinajstić information content (AvgIpc) is 3.37. The van der Waals surface area contributed by atoms with Crippen molar-refractivity contribution < 1.29 is 9.59 Å². The van der Waals surface area contributed by atoms with Crippen LogP contribution in [0.3, 0.4) is 0 Å². The highest BCUT2D eigenvalue weighted by molar-refractivity contribution is 6.00. The molecule has 0 aliphatic heterocycles. The molecular formula is C19H21N3O2. The molecule has 5 heteroatoms. The number of aromatic nitrogens is 1. The fraction of sp³-hybridized carbons (Fsp3) is 0.316. The van der Waals surface area contributed by atoms with E-state index in [2.05, 4.69) is 15.6 Å². The van der Waals surface area contributed by atoms with Crippen LogP contribution in [0.4, 0.5) is 5.69 Å². The third-order valence-corrected chi connectivity index (χ3v) is 4.27. The molecule has 1 saturated carbocycles. The summed E-state index contributed by atoms with van der Waals surface area (Å²) in [5.74, 6) is -0.206. The minimum atomic E-state index is -0.977. The van der Waals surface area contributed by atoms with E-state index in [1.807, 2.05) is 42.5 Å². The van der Waals surface area contributed by atoms with Crippen LogP contribution in [0.5, 0.6) is 0 Å². The SMILES string of the molecule is CC(C)(NC(=O)[C@@H]1C[C@H]1c1cccnc1)C(=O)Nc1ccccc1. The van der Waals surface area contributed by atoms with Crippen LogP contribution >= 0.6 is 0 Å². The number of amides is 2. The number of anilines is 1. The van der Waals surface area contributed by atoms with Crippen molar-refractivity contribution >= 4 is 17.5 Å². The van der Waals surface area contributed by atoms with Crippen molar-refractivity contribution in [2.24, 2.45) is 5.92 Å². The van der Waals surface area contributed by atoms with Gasteiger partial charge in [-0.05, 0) is 49.9 Å². The van der Waals surface area contributed by atoms with Crippen molar-refractivity contribution in [3.8, 4) is 0 Å². The predicted octanol–water partition coefficient (Wildman–Crippen LogP) is 2.72. The Morgan fingerprint density at radius 1 is 1.12 bits per heavy atom. The topological polar surface area (TPSA) is 71.1 Å². The van der Waals surface area contributed by atoms with E-state index in [-0.39, 0.29) is 23.7 Å². The quantitative estimate of drug-likeness (QED) is 0.889. The maximum Gasteiger partial charge on any atom is 0.249 e. The number of hydrogen-bond donors (Lipinski definition) is 2. The van der Waals surface area contributed by atoms with E-state index in [1.54, 1.807) is 26.2 Å². The summed E-state index contributed by atoms with van der Waals surface area (Å²) in [5.41, 5.74) is 0.809. The van der Waals surface area contributed by atoms with Crippen molar-refractivity contribution in [3.05, 3.63) is 60.4 Å². The van der Waals surface area contributed by atoms with Gasteiger partial charge in [0.15, 0.2) is 0 Å². The highest BCUT2D eigenvalue weighted by atomic mass is 16.2. The van der Waals surface area contributed by atoms with E-state index in [9.17, 15) is 9.59 Å². The van der Waals surface area contributed by atoms with Crippen LogP contribution in [0.2, 0.25) is 0 Å². The van der Waals surface area contributed by atoms with E-state index in [1.165, 1.54) is 0 Å². The Morgan fingerprint density at radius 2 is 1.88 bits per heavy atom. The summed E-state index contributed by atoms with van der Waals surface area (Å²) in [4.78, 5) is 29.0. The molecule has 0 saturated heterocycles. The average molecular weight is 323 g/mol. The lowest BCUT2D eigenvalue weighted by Gasteiger charge is -2.25. The van der Waals surface area contributed by atoms with Gasteiger partial charge in [0.05, 0.1) is 0 Å². The summed E-state index contributed by atoms with van der Waals surface area (Å²) in [6, 6.07) is 13.1. The largest absolute Gasteiger partial charge is 0.342 e. The summed E-state index contributed by atoms with van der Waals surface area (Å²) in [5, 5.41) is 5.69. The van der Waals surface area contributed by atoms with Crippen LogP contribution in [0, 0.1) is 5.92 Å². The van der Waals surface area contributed by atoms with Gasteiger partial charge in [0, 0.05) is 24.0 Å². The van der Waals surface area contributed by atoms with Crippen LogP contribution in [0.15, 0.2) is 54.9 Å². The van der Waals surface area contributed by atoms with E-state index in [4.69, 9.17) is 0 Å². The molecular weight excluding hydrogens is 302 g/mol. The molecule has 1 heterocycles. The molecule has 2 amide bonds. The minimum absolute atomic E-state index is 0.0852. The first-order chi connectivity index (χ1) is 11.5. The Kier molecular flexibility index (Phi) is 4.34. The number of carbonyl (C=O) groups excluding carboxylic acids is 2. The number of carbonyl (C=O) groups is 2. The van der Waals surface area contributed by atoms with E-state index in [0.29, 0.717) is 5.69 Å². The van der Waals surface area contributed by atoms with Crippen LogP contribution in [-0.2, 0) is 9.59 Å². The third kappa shape index (κ3) is 3.62. The van der Waals surface area contributed by atoms with Crippen molar-refractivity contribution in [2.45, 2.75) is 31.7 Å². The maximum absolute atomic E-state index is 12.5. The number of nitrogens with one attached hydrogen (secondary N) is 2. The van der Waals surface area contributed by atoms with Gasteiger partial charge in [-0.2, -0.15) is 0 Å². The van der Waals surface area contributed by atoms with E-state index in [0.717, 1.165) is 12.0 Å². The normalized spacial score (nSPS) is 19.4. The predicted molar refractivity (Wildman–Crippen MR) is 92.4 cm³/mol. The number of rotatable bonds is 5. The molecule has 0 bridgehead atoms. The van der Waals surface area contributed by atoms with Crippen LogP contribution in [0.25, 0.3) is 0 Å². The summed E-state index contributed by atoms with van der Waals surface area (Å²) in [6.07, 6.45) is 4.32. The van der Waals surface area contributed by atoms with Crippen LogP contribution < -0.4 is 10.6 Å². The Morgan fingerprint density at radius 3 is 2.54 bits per heavy atom. The molecule has 0 radical (unpaired) electrons. The van der Waals surface area contributed by atoms with Gasteiger partial charge >= 0.3 is 0 Å². The van der Waals surface area contributed by atoms with Gasteiger partial charge in [-0.1, -0.05) is 24.3 Å². The molecule has 3 rings (SSSR count). The summed E-state index contributed by atoms with van der Waals surface area (Å²) in [7, 11) is 0. The molecule has 1 aromatic carbocycles. The monoisotopic (exact) mass is 323 g/mol. The molecule has 2 aromatic rings. The standard InChI is InChI=1S/C19H21N3O2/c1-19(2,18(24)21-14-8-4-3-5-9-14)22-17(23)16-11-15(16)13-7-6-10-20-12-13/h3-10,12,15-16H,11H2,1-2H3,(H,21,24)(H,22,23)/t15-,16+/m0/s1. The fourth-order valence-electron chi connectivity index (χ4n) is 2.71. The second-order valence-corrected chi connectivity index (χ2v) is 6.67. The van der Waals surface area contributed by atoms with Gasteiger partial charge in [0.1, 0.15) is 5.54 Å². The van der Waals surface area contributed by atoms with Crippen molar-refractivity contribution in [3.63, 3.8) is 0 Å². The number of pyridine rings is 1. The Bertz CT molecular complexity index is 729.